The number of thiophene rings is 1. The van der Waals surface area contributed by atoms with Crippen molar-refractivity contribution in [2.75, 3.05) is 18.4 Å². The molecule has 0 aliphatic carbocycles. The Morgan fingerprint density at radius 1 is 1.38 bits per heavy atom. The fraction of sp³-hybridized carbons (Fsp3) is 0.143. The minimum absolute atomic E-state index is 0.219. The van der Waals surface area contributed by atoms with Gasteiger partial charge in [-0.05, 0) is 29.6 Å². The molecule has 1 aromatic heterocycles. The van der Waals surface area contributed by atoms with Gasteiger partial charge in [0.1, 0.15) is 16.6 Å². The molecule has 0 spiro atoms. The van der Waals surface area contributed by atoms with Crippen LogP contribution < -0.4 is 9.46 Å². The van der Waals surface area contributed by atoms with Gasteiger partial charge in [-0.3, -0.25) is 4.72 Å². The van der Waals surface area contributed by atoms with Crippen molar-refractivity contribution in [1.82, 2.24) is 0 Å². The molecule has 21 heavy (non-hydrogen) atoms. The van der Waals surface area contributed by atoms with Crippen LogP contribution in [-0.4, -0.2) is 27.2 Å². The van der Waals surface area contributed by atoms with E-state index in [-0.39, 0.29) is 10.8 Å². The summed E-state index contributed by atoms with van der Waals surface area (Å²) < 4.78 is 32.3. The van der Waals surface area contributed by atoms with Crippen molar-refractivity contribution in [2.24, 2.45) is 0 Å². The van der Waals surface area contributed by atoms with Crippen molar-refractivity contribution in [3.8, 4) is 17.6 Å². The van der Waals surface area contributed by atoms with Crippen molar-refractivity contribution < 1.29 is 18.3 Å². The minimum atomic E-state index is -3.65. The van der Waals surface area contributed by atoms with Gasteiger partial charge < -0.3 is 9.84 Å². The number of hydrogen-bond donors (Lipinski definition) is 2. The molecule has 7 heteroatoms. The van der Waals surface area contributed by atoms with Gasteiger partial charge >= 0.3 is 0 Å². The topological polar surface area (TPSA) is 75.6 Å². The van der Waals surface area contributed by atoms with E-state index >= 15 is 0 Å². The maximum atomic E-state index is 12.2. The highest BCUT2D eigenvalue weighted by atomic mass is 32.2. The molecule has 1 aromatic carbocycles. The van der Waals surface area contributed by atoms with Gasteiger partial charge in [0.2, 0.25) is 0 Å². The van der Waals surface area contributed by atoms with E-state index in [9.17, 15) is 8.42 Å². The number of aliphatic hydroxyl groups is 1. The highest BCUT2D eigenvalue weighted by molar-refractivity contribution is 7.94. The van der Waals surface area contributed by atoms with E-state index in [1.807, 2.05) is 0 Å². The van der Waals surface area contributed by atoms with E-state index in [4.69, 9.17) is 9.84 Å². The van der Waals surface area contributed by atoms with Gasteiger partial charge in [0.25, 0.3) is 10.0 Å². The van der Waals surface area contributed by atoms with Gasteiger partial charge in [-0.15, -0.1) is 11.3 Å². The lowest BCUT2D eigenvalue weighted by molar-refractivity contribution is 0.350. The molecular formula is C14H13NO4S2. The summed E-state index contributed by atoms with van der Waals surface area (Å²) in [6.45, 7) is -0.262. The van der Waals surface area contributed by atoms with E-state index < -0.39 is 10.0 Å². The molecule has 0 atom stereocenters. The number of hydrogen-bond acceptors (Lipinski definition) is 5. The molecule has 110 valence electrons. The molecule has 0 radical (unpaired) electrons. The zero-order chi connectivity index (χ0) is 15.3. The van der Waals surface area contributed by atoms with Crippen LogP contribution in [0.4, 0.5) is 5.69 Å². The fourth-order valence-corrected chi connectivity index (χ4v) is 3.67. The van der Waals surface area contributed by atoms with Gasteiger partial charge in [-0.25, -0.2) is 8.42 Å². The van der Waals surface area contributed by atoms with Crippen LogP contribution in [0.2, 0.25) is 0 Å². The number of ether oxygens (including phenoxy) is 1. The van der Waals surface area contributed by atoms with Gasteiger partial charge in [-0.2, -0.15) is 0 Å². The first-order chi connectivity index (χ1) is 10.1. The number of benzene rings is 1. The second kappa shape index (κ2) is 6.63. The summed E-state index contributed by atoms with van der Waals surface area (Å²) in [5.74, 6) is 5.62. The number of sulfonamides is 1. The lowest BCUT2D eigenvalue weighted by atomic mass is 10.2. The van der Waals surface area contributed by atoms with Crippen molar-refractivity contribution in [3.63, 3.8) is 0 Å². The van der Waals surface area contributed by atoms with Crippen molar-refractivity contribution >= 4 is 27.0 Å². The predicted molar refractivity (Wildman–Crippen MR) is 82.1 cm³/mol. The third kappa shape index (κ3) is 3.76. The van der Waals surface area contributed by atoms with Crippen LogP contribution in [-0.2, 0) is 10.0 Å². The summed E-state index contributed by atoms with van der Waals surface area (Å²) in [7, 11) is -2.19. The number of nitrogens with one attached hydrogen (secondary N) is 1. The summed E-state index contributed by atoms with van der Waals surface area (Å²) in [6.07, 6.45) is 0. The Hall–Kier alpha value is -2.01. The summed E-state index contributed by atoms with van der Waals surface area (Å²) >= 11 is 1.13. The largest absolute Gasteiger partial charge is 0.495 e. The van der Waals surface area contributed by atoms with E-state index in [1.165, 1.54) is 13.2 Å². The Kier molecular flexibility index (Phi) is 4.85. The molecule has 2 N–H and O–H groups in total. The Morgan fingerprint density at radius 2 is 2.19 bits per heavy atom. The highest BCUT2D eigenvalue weighted by Crippen LogP contribution is 2.28. The first-order valence-electron chi connectivity index (χ1n) is 5.91. The molecule has 5 nitrogen and oxygen atoms in total. The average Bonchev–Trinajstić information content (AvgIpc) is 3.00. The second-order valence-corrected chi connectivity index (χ2v) is 6.77. The van der Waals surface area contributed by atoms with Gasteiger partial charge in [0.15, 0.2) is 0 Å². The maximum Gasteiger partial charge on any atom is 0.271 e. The average molecular weight is 323 g/mol. The fourth-order valence-electron chi connectivity index (χ4n) is 1.62. The molecule has 0 fully saturated rings. The van der Waals surface area contributed by atoms with Gasteiger partial charge in [0, 0.05) is 5.56 Å². The van der Waals surface area contributed by atoms with Crippen LogP contribution in [0.25, 0.3) is 0 Å². The SMILES string of the molecule is COc1ccc(C#CCO)cc1NS(=O)(=O)c1cccs1. The number of methoxy groups -OCH3 is 1. The van der Waals surface area contributed by atoms with E-state index in [0.29, 0.717) is 17.0 Å². The number of anilines is 1. The smallest absolute Gasteiger partial charge is 0.271 e. The van der Waals surface area contributed by atoms with Crippen LogP contribution in [0.15, 0.2) is 39.9 Å². The summed E-state index contributed by atoms with van der Waals surface area (Å²) in [5.41, 5.74) is 0.879. The Labute approximate surface area is 127 Å². The Bertz CT molecular complexity index is 771. The number of rotatable bonds is 4. The first-order valence-corrected chi connectivity index (χ1v) is 8.27. The first kappa shape index (κ1) is 15.4. The molecule has 0 saturated heterocycles. The molecule has 0 bridgehead atoms. The van der Waals surface area contributed by atoms with Crippen LogP contribution in [0.3, 0.4) is 0 Å². The molecule has 2 aromatic rings. The summed E-state index contributed by atoms with van der Waals surface area (Å²) in [6, 6.07) is 8.05. The van der Waals surface area contributed by atoms with Crippen LogP contribution in [0.1, 0.15) is 5.56 Å². The molecule has 0 saturated carbocycles. The normalized spacial score (nSPS) is 10.6. The number of aliphatic hydroxyl groups excluding tert-OH is 1. The van der Waals surface area contributed by atoms with E-state index in [2.05, 4.69) is 16.6 Å². The van der Waals surface area contributed by atoms with Crippen LogP contribution >= 0.6 is 11.3 Å². The summed E-state index contributed by atoms with van der Waals surface area (Å²) in [5, 5.41) is 10.4. The molecule has 1 heterocycles. The highest BCUT2D eigenvalue weighted by Gasteiger charge is 2.17. The standard InChI is InChI=1S/C14H13NO4S2/c1-19-13-7-6-11(4-2-8-16)10-12(13)15-21(17,18)14-5-3-9-20-14/h3,5-7,9-10,15-16H,8H2,1H3. The molecular weight excluding hydrogens is 310 g/mol. The lowest BCUT2D eigenvalue weighted by Crippen LogP contribution is -2.12. The van der Waals surface area contributed by atoms with E-state index in [1.54, 1.807) is 29.6 Å². The van der Waals surface area contributed by atoms with Gasteiger partial charge in [-0.1, -0.05) is 17.9 Å². The molecule has 0 amide bonds. The second-order valence-electron chi connectivity index (χ2n) is 3.91. The summed E-state index contributed by atoms with van der Waals surface area (Å²) in [4.78, 5) is 0. The van der Waals surface area contributed by atoms with Crippen molar-refractivity contribution in [1.29, 1.82) is 0 Å². The zero-order valence-corrected chi connectivity index (χ0v) is 12.8. The minimum Gasteiger partial charge on any atom is -0.495 e. The molecule has 0 unspecified atom stereocenters. The Balaban J connectivity index is 2.38. The van der Waals surface area contributed by atoms with Crippen molar-refractivity contribution in [2.45, 2.75) is 4.21 Å². The zero-order valence-electron chi connectivity index (χ0n) is 11.2. The lowest BCUT2D eigenvalue weighted by Gasteiger charge is -2.11. The monoisotopic (exact) mass is 323 g/mol. The van der Waals surface area contributed by atoms with Crippen LogP contribution in [0, 0.1) is 11.8 Å². The Morgan fingerprint density at radius 3 is 2.81 bits per heavy atom. The molecule has 0 aliphatic rings. The van der Waals surface area contributed by atoms with Gasteiger partial charge in [0.05, 0.1) is 12.8 Å². The third-order valence-electron chi connectivity index (χ3n) is 2.52. The van der Waals surface area contributed by atoms with Crippen LogP contribution in [0.5, 0.6) is 5.75 Å². The molecule has 0 aliphatic heterocycles. The predicted octanol–water partition coefficient (Wildman–Crippen LogP) is 1.90. The van der Waals surface area contributed by atoms with E-state index in [0.717, 1.165) is 11.3 Å². The molecule has 2 rings (SSSR count). The maximum absolute atomic E-state index is 12.2. The quantitative estimate of drug-likeness (QED) is 0.843. The van der Waals surface area contributed by atoms with Crippen molar-refractivity contribution in [3.05, 3.63) is 41.3 Å². The third-order valence-corrected chi connectivity index (χ3v) is 5.28.